The van der Waals surface area contributed by atoms with Gasteiger partial charge in [0.2, 0.25) is 5.16 Å². The highest BCUT2D eigenvalue weighted by atomic mass is 79.9. The second-order valence-corrected chi connectivity index (χ2v) is 5.28. The third kappa shape index (κ3) is 3.04. The van der Waals surface area contributed by atoms with E-state index in [1.54, 1.807) is 6.07 Å². The van der Waals surface area contributed by atoms with Crippen LogP contribution in [0.3, 0.4) is 0 Å². The quantitative estimate of drug-likeness (QED) is 0.646. The van der Waals surface area contributed by atoms with Gasteiger partial charge in [-0.15, -0.1) is 10.2 Å². The topological polar surface area (TPSA) is 94.0 Å². The normalized spacial score (nSPS) is 10.6. The van der Waals surface area contributed by atoms with Gasteiger partial charge in [-0.05, 0) is 34.1 Å². The third-order valence-corrected chi connectivity index (χ3v) is 3.74. The number of halogens is 2. The molecule has 2 rings (SSSR count). The van der Waals surface area contributed by atoms with Gasteiger partial charge in [-0.2, -0.15) is 0 Å². The molecule has 1 aromatic heterocycles. The number of carboxylic acids is 1. The molecule has 0 unspecified atom stereocenters. The summed E-state index contributed by atoms with van der Waals surface area (Å²) >= 11 is 3.99. The molecule has 19 heavy (non-hydrogen) atoms. The van der Waals surface area contributed by atoms with E-state index in [-0.39, 0.29) is 16.7 Å². The van der Waals surface area contributed by atoms with Gasteiger partial charge >= 0.3 is 5.97 Å². The van der Waals surface area contributed by atoms with Gasteiger partial charge in [0.25, 0.3) is 0 Å². The number of nitrogens with two attached hydrogens (primary N) is 1. The maximum atomic E-state index is 13.4. The lowest BCUT2D eigenvalue weighted by Gasteiger charge is -2.03. The Morgan fingerprint density at radius 3 is 2.89 bits per heavy atom. The molecule has 0 fully saturated rings. The van der Waals surface area contributed by atoms with Crippen molar-refractivity contribution in [2.24, 2.45) is 0 Å². The van der Waals surface area contributed by atoms with E-state index in [1.165, 1.54) is 12.1 Å². The number of nitrogen functional groups attached to an aromatic ring is 1. The van der Waals surface area contributed by atoms with Crippen molar-refractivity contribution in [3.05, 3.63) is 28.5 Å². The maximum absolute atomic E-state index is 13.4. The van der Waals surface area contributed by atoms with E-state index in [2.05, 4.69) is 26.1 Å². The fourth-order valence-corrected chi connectivity index (χ4v) is 2.16. The monoisotopic (exact) mass is 346 g/mol. The van der Waals surface area contributed by atoms with Crippen LogP contribution in [0.4, 0.5) is 4.39 Å². The molecule has 0 atom stereocenters. The van der Waals surface area contributed by atoms with Crippen molar-refractivity contribution in [1.29, 1.82) is 0 Å². The smallest absolute Gasteiger partial charge is 0.313 e. The van der Waals surface area contributed by atoms with Crippen LogP contribution in [0.25, 0.3) is 11.4 Å². The minimum atomic E-state index is -0.982. The van der Waals surface area contributed by atoms with Crippen molar-refractivity contribution in [3.63, 3.8) is 0 Å². The Morgan fingerprint density at radius 2 is 2.26 bits per heavy atom. The second-order valence-electron chi connectivity index (χ2n) is 3.49. The number of rotatable bonds is 4. The first-order valence-electron chi connectivity index (χ1n) is 4.99. The summed E-state index contributed by atoms with van der Waals surface area (Å²) in [6.45, 7) is 0. The summed E-state index contributed by atoms with van der Waals surface area (Å²) in [5.41, 5.74) is 0.456. The first kappa shape index (κ1) is 13.8. The molecule has 0 amide bonds. The number of hydrogen-bond acceptors (Lipinski definition) is 5. The summed E-state index contributed by atoms with van der Waals surface area (Å²) in [4.78, 5) is 10.5. The van der Waals surface area contributed by atoms with Crippen LogP contribution in [0, 0.1) is 5.82 Å². The average Bonchev–Trinajstić information content (AvgIpc) is 2.72. The summed E-state index contributed by atoms with van der Waals surface area (Å²) in [5, 5.41) is 16.4. The SMILES string of the molecule is Nn1c(SCC(=O)O)nnc1-c1ccc(Br)c(F)c1. The highest BCUT2D eigenvalue weighted by molar-refractivity contribution is 9.10. The van der Waals surface area contributed by atoms with E-state index in [4.69, 9.17) is 10.9 Å². The van der Waals surface area contributed by atoms with E-state index in [1.807, 2.05) is 0 Å². The van der Waals surface area contributed by atoms with Crippen molar-refractivity contribution in [1.82, 2.24) is 14.9 Å². The molecule has 0 aliphatic heterocycles. The molecule has 0 aliphatic rings. The predicted octanol–water partition coefficient (Wildman–Crippen LogP) is 1.74. The third-order valence-electron chi connectivity index (χ3n) is 2.17. The molecule has 0 radical (unpaired) electrons. The van der Waals surface area contributed by atoms with E-state index in [0.717, 1.165) is 16.4 Å². The number of nitrogens with zero attached hydrogens (tertiary/aromatic N) is 3. The van der Waals surface area contributed by atoms with E-state index in [9.17, 15) is 9.18 Å². The molecule has 9 heteroatoms. The van der Waals surface area contributed by atoms with Crippen LogP contribution in [0.1, 0.15) is 0 Å². The van der Waals surface area contributed by atoms with Gasteiger partial charge in [-0.3, -0.25) is 4.79 Å². The molecule has 0 saturated carbocycles. The van der Waals surface area contributed by atoms with Gasteiger partial charge in [-0.25, -0.2) is 9.07 Å². The van der Waals surface area contributed by atoms with Crippen molar-refractivity contribution in [2.45, 2.75) is 5.16 Å². The molecule has 0 aliphatic carbocycles. The first-order valence-corrected chi connectivity index (χ1v) is 6.77. The zero-order valence-electron chi connectivity index (χ0n) is 9.38. The number of aromatic nitrogens is 3. The van der Waals surface area contributed by atoms with Gasteiger partial charge in [-0.1, -0.05) is 11.8 Å². The minimum absolute atomic E-state index is 0.177. The number of carboxylic acid groups (broad SMARTS) is 1. The molecule has 3 N–H and O–H groups in total. The summed E-state index contributed by atoms with van der Waals surface area (Å²) in [6, 6.07) is 4.43. The average molecular weight is 347 g/mol. The number of carbonyl (C=O) groups is 1. The van der Waals surface area contributed by atoms with Gasteiger partial charge in [0.15, 0.2) is 5.82 Å². The Kier molecular flexibility index (Phi) is 4.05. The van der Waals surface area contributed by atoms with Crippen LogP contribution < -0.4 is 5.84 Å². The largest absolute Gasteiger partial charge is 0.481 e. The highest BCUT2D eigenvalue weighted by Gasteiger charge is 2.14. The molecule has 0 spiro atoms. The van der Waals surface area contributed by atoms with Crippen molar-refractivity contribution in [2.75, 3.05) is 11.6 Å². The van der Waals surface area contributed by atoms with E-state index < -0.39 is 11.8 Å². The number of benzene rings is 1. The molecule has 1 aromatic carbocycles. The number of hydrogen-bond donors (Lipinski definition) is 2. The van der Waals surface area contributed by atoms with Crippen LogP contribution in [0.5, 0.6) is 0 Å². The molecule has 6 nitrogen and oxygen atoms in total. The summed E-state index contributed by atoms with van der Waals surface area (Å²) in [6.07, 6.45) is 0. The predicted molar refractivity (Wildman–Crippen MR) is 71.6 cm³/mol. The fraction of sp³-hybridized carbons (Fsp3) is 0.100. The summed E-state index contributed by atoms with van der Waals surface area (Å²) < 4.78 is 14.9. The molecule has 0 saturated heterocycles. The van der Waals surface area contributed by atoms with Gasteiger partial charge in [0.05, 0.1) is 10.2 Å². The highest BCUT2D eigenvalue weighted by Crippen LogP contribution is 2.25. The first-order chi connectivity index (χ1) is 8.99. The van der Waals surface area contributed by atoms with Gasteiger partial charge in [0.1, 0.15) is 5.82 Å². The van der Waals surface area contributed by atoms with Gasteiger partial charge < -0.3 is 10.9 Å². The van der Waals surface area contributed by atoms with Crippen LogP contribution in [0.2, 0.25) is 0 Å². The van der Waals surface area contributed by atoms with E-state index >= 15 is 0 Å². The summed E-state index contributed by atoms with van der Waals surface area (Å²) in [5.74, 6) is 4.41. The van der Waals surface area contributed by atoms with Crippen LogP contribution in [-0.4, -0.2) is 31.7 Å². The Labute approximate surface area is 119 Å². The Bertz CT molecular complexity index is 634. The maximum Gasteiger partial charge on any atom is 0.313 e. The number of thioether (sulfide) groups is 1. The summed E-state index contributed by atoms with van der Waals surface area (Å²) in [7, 11) is 0. The second kappa shape index (κ2) is 5.57. The molecule has 0 bridgehead atoms. The Hall–Kier alpha value is -1.61. The fourth-order valence-electron chi connectivity index (χ4n) is 1.33. The van der Waals surface area contributed by atoms with Crippen molar-refractivity contribution in [3.8, 4) is 11.4 Å². The Balaban J connectivity index is 2.30. The lowest BCUT2D eigenvalue weighted by atomic mass is 10.2. The minimum Gasteiger partial charge on any atom is -0.481 e. The van der Waals surface area contributed by atoms with Crippen molar-refractivity contribution < 1.29 is 14.3 Å². The van der Waals surface area contributed by atoms with Crippen LogP contribution in [-0.2, 0) is 4.79 Å². The molecule has 2 aromatic rings. The zero-order valence-corrected chi connectivity index (χ0v) is 11.8. The van der Waals surface area contributed by atoms with Crippen molar-refractivity contribution >= 4 is 33.7 Å². The van der Waals surface area contributed by atoms with Crippen LogP contribution in [0.15, 0.2) is 27.8 Å². The molecule has 100 valence electrons. The molecular weight excluding hydrogens is 339 g/mol. The standard InChI is InChI=1S/C10H8BrFN4O2S/c11-6-2-1-5(3-7(6)12)9-14-15-10(16(9)13)19-4-8(17)18/h1-3H,4,13H2,(H,17,18). The zero-order chi connectivity index (χ0) is 14.0. The van der Waals surface area contributed by atoms with Crippen LogP contribution >= 0.6 is 27.7 Å². The van der Waals surface area contributed by atoms with E-state index in [0.29, 0.717) is 10.0 Å². The number of aliphatic carboxylic acids is 1. The Morgan fingerprint density at radius 1 is 1.53 bits per heavy atom. The molecule has 1 heterocycles. The lowest BCUT2D eigenvalue weighted by Crippen LogP contribution is -2.12. The van der Waals surface area contributed by atoms with Gasteiger partial charge in [0, 0.05) is 5.56 Å². The lowest BCUT2D eigenvalue weighted by molar-refractivity contribution is -0.133. The molecular formula is C10H8BrFN4O2S.